The molecule has 3 N–H and O–H groups in total. The average molecular weight is 333 g/mol. The molecule has 1 amide bonds. The monoisotopic (exact) mass is 333 g/mol. The molecule has 1 aliphatic heterocycles. The number of benzene rings is 1. The first-order chi connectivity index (χ1) is 11.5. The maximum Gasteiger partial charge on any atom is 0.300 e. The van der Waals surface area contributed by atoms with E-state index < -0.39 is 5.97 Å². The number of rotatable bonds is 4. The van der Waals surface area contributed by atoms with Gasteiger partial charge in [-0.3, -0.25) is 9.59 Å². The van der Waals surface area contributed by atoms with Gasteiger partial charge in [0.2, 0.25) is 5.91 Å². The number of methoxy groups -OCH3 is 1. The van der Waals surface area contributed by atoms with E-state index in [0.717, 1.165) is 44.2 Å². The SMILES string of the molecule is CC(=O)O.COc1ccc2[nH]cc(CCN3CCNCC3=O)c2c1. The van der Waals surface area contributed by atoms with Gasteiger partial charge in [-0.15, -0.1) is 0 Å². The molecule has 0 atom stereocenters. The first-order valence-electron chi connectivity index (χ1n) is 7.83. The number of amides is 1. The van der Waals surface area contributed by atoms with Crippen LogP contribution < -0.4 is 10.1 Å². The molecule has 0 radical (unpaired) electrons. The van der Waals surface area contributed by atoms with Crippen LogP contribution in [0, 0.1) is 0 Å². The number of ether oxygens (including phenoxy) is 1. The molecule has 0 saturated carbocycles. The second-order valence-electron chi connectivity index (χ2n) is 5.55. The summed E-state index contributed by atoms with van der Waals surface area (Å²) in [6.45, 7) is 3.99. The number of nitrogens with one attached hydrogen (secondary N) is 2. The lowest BCUT2D eigenvalue weighted by molar-refractivity contribution is -0.134. The van der Waals surface area contributed by atoms with Crippen molar-refractivity contribution in [1.29, 1.82) is 0 Å². The fourth-order valence-electron chi connectivity index (χ4n) is 2.63. The van der Waals surface area contributed by atoms with Crippen LogP contribution in [0.3, 0.4) is 0 Å². The zero-order chi connectivity index (χ0) is 17.5. The van der Waals surface area contributed by atoms with E-state index in [1.165, 1.54) is 10.9 Å². The first-order valence-corrected chi connectivity index (χ1v) is 7.83. The number of nitrogens with zero attached hydrogens (tertiary/aromatic N) is 1. The summed E-state index contributed by atoms with van der Waals surface area (Å²) in [5.74, 6) is 0.213. The van der Waals surface area contributed by atoms with Crippen molar-refractivity contribution >= 4 is 22.8 Å². The van der Waals surface area contributed by atoms with E-state index in [4.69, 9.17) is 14.6 Å². The summed E-state index contributed by atoms with van der Waals surface area (Å²) in [7, 11) is 1.67. The highest BCUT2D eigenvalue weighted by molar-refractivity contribution is 5.85. The Hall–Kier alpha value is -2.54. The van der Waals surface area contributed by atoms with E-state index >= 15 is 0 Å². The molecule has 3 rings (SSSR count). The molecule has 2 heterocycles. The van der Waals surface area contributed by atoms with Crippen LogP contribution in [0.4, 0.5) is 0 Å². The maximum atomic E-state index is 11.8. The molecule has 1 aromatic heterocycles. The van der Waals surface area contributed by atoms with Crippen LogP contribution in [-0.4, -0.2) is 60.2 Å². The van der Waals surface area contributed by atoms with Gasteiger partial charge in [-0.2, -0.15) is 0 Å². The molecule has 130 valence electrons. The number of hydrogen-bond acceptors (Lipinski definition) is 4. The topological polar surface area (TPSA) is 94.7 Å². The molecular formula is C17H23N3O4. The third-order valence-electron chi connectivity index (χ3n) is 3.81. The second kappa shape index (κ2) is 8.35. The number of fused-ring (bicyclic) bond motifs is 1. The van der Waals surface area contributed by atoms with E-state index in [1.807, 2.05) is 29.3 Å². The largest absolute Gasteiger partial charge is 0.497 e. The van der Waals surface area contributed by atoms with Gasteiger partial charge in [0.1, 0.15) is 5.75 Å². The van der Waals surface area contributed by atoms with Crippen LogP contribution in [-0.2, 0) is 16.0 Å². The molecule has 0 spiro atoms. The fourth-order valence-corrected chi connectivity index (χ4v) is 2.63. The smallest absolute Gasteiger partial charge is 0.300 e. The zero-order valence-corrected chi connectivity index (χ0v) is 14.0. The van der Waals surface area contributed by atoms with Gasteiger partial charge in [0, 0.05) is 43.7 Å². The molecule has 1 saturated heterocycles. The van der Waals surface area contributed by atoms with E-state index in [1.54, 1.807) is 7.11 Å². The van der Waals surface area contributed by atoms with Crippen LogP contribution in [0.2, 0.25) is 0 Å². The minimum absolute atomic E-state index is 0.189. The quantitative estimate of drug-likeness (QED) is 0.782. The lowest BCUT2D eigenvalue weighted by Crippen LogP contribution is -2.48. The van der Waals surface area contributed by atoms with Crippen molar-refractivity contribution in [1.82, 2.24) is 15.2 Å². The Kier molecular flexibility index (Phi) is 6.20. The summed E-state index contributed by atoms with van der Waals surface area (Å²) in [6, 6.07) is 6.01. The minimum atomic E-state index is -0.833. The van der Waals surface area contributed by atoms with Crippen molar-refractivity contribution in [3.05, 3.63) is 30.0 Å². The molecule has 1 fully saturated rings. The summed E-state index contributed by atoms with van der Waals surface area (Å²) < 4.78 is 5.27. The predicted molar refractivity (Wildman–Crippen MR) is 91.3 cm³/mol. The van der Waals surface area contributed by atoms with Gasteiger partial charge >= 0.3 is 0 Å². The Morgan fingerprint density at radius 2 is 2.17 bits per heavy atom. The number of piperazine rings is 1. The van der Waals surface area contributed by atoms with Crippen molar-refractivity contribution in [3.63, 3.8) is 0 Å². The standard InChI is InChI=1S/C15H19N3O2.C2H4O2/c1-20-12-2-3-14-13(8-12)11(9-17-14)4-6-18-7-5-16-10-15(18)19;1-2(3)4/h2-3,8-9,16-17H,4-7,10H2,1H3;1H3,(H,3,4). The van der Waals surface area contributed by atoms with Gasteiger partial charge in [0.25, 0.3) is 5.97 Å². The highest BCUT2D eigenvalue weighted by Crippen LogP contribution is 2.24. The lowest BCUT2D eigenvalue weighted by atomic mass is 10.1. The summed E-state index contributed by atoms with van der Waals surface area (Å²) in [5, 5.41) is 11.7. The number of aromatic amines is 1. The second-order valence-corrected chi connectivity index (χ2v) is 5.55. The maximum absolute atomic E-state index is 11.8. The Bertz CT molecular complexity index is 707. The van der Waals surface area contributed by atoms with Gasteiger partial charge in [0.15, 0.2) is 0 Å². The third kappa shape index (κ3) is 4.73. The van der Waals surface area contributed by atoms with Crippen molar-refractivity contribution in [2.75, 3.05) is 33.3 Å². The molecule has 1 aromatic carbocycles. The fraction of sp³-hybridized carbons (Fsp3) is 0.412. The van der Waals surface area contributed by atoms with E-state index in [9.17, 15) is 4.79 Å². The number of aliphatic carboxylic acids is 1. The third-order valence-corrected chi connectivity index (χ3v) is 3.81. The van der Waals surface area contributed by atoms with Crippen molar-refractivity contribution < 1.29 is 19.4 Å². The number of carboxylic acids is 1. The van der Waals surface area contributed by atoms with Crippen LogP contribution in [0.1, 0.15) is 12.5 Å². The Morgan fingerprint density at radius 3 is 2.83 bits per heavy atom. The van der Waals surface area contributed by atoms with Crippen LogP contribution in [0.15, 0.2) is 24.4 Å². The zero-order valence-electron chi connectivity index (χ0n) is 14.0. The minimum Gasteiger partial charge on any atom is -0.497 e. The summed E-state index contributed by atoms with van der Waals surface area (Å²) in [6.07, 6.45) is 2.88. The molecule has 7 heteroatoms. The highest BCUT2D eigenvalue weighted by Gasteiger charge is 2.17. The lowest BCUT2D eigenvalue weighted by Gasteiger charge is -2.27. The van der Waals surface area contributed by atoms with E-state index in [2.05, 4.69) is 10.3 Å². The number of hydrogen-bond donors (Lipinski definition) is 3. The molecule has 2 aromatic rings. The number of carbonyl (C=O) groups excluding carboxylic acids is 1. The number of aromatic nitrogens is 1. The average Bonchev–Trinajstić information content (AvgIpc) is 2.96. The number of carboxylic acid groups (broad SMARTS) is 1. The van der Waals surface area contributed by atoms with Gasteiger partial charge < -0.3 is 25.0 Å². The number of H-pyrrole nitrogens is 1. The molecule has 7 nitrogen and oxygen atoms in total. The van der Waals surface area contributed by atoms with Crippen LogP contribution in [0.25, 0.3) is 10.9 Å². The molecule has 1 aliphatic rings. The van der Waals surface area contributed by atoms with E-state index in [0.29, 0.717) is 6.54 Å². The summed E-state index contributed by atoms with van der Waals surface area (Å²) >= 11 is 0. The van der Waals surface area contributed by atoms with Gasteiger partial charge in [0.05, 0.1) is 13.7 Å². The first kappa shape index (κ1) is 17.8. The van der Waals surface area contributed by atoms with Gasteiger partial charge in [-0.05, 0) is 30.2 Å². The summed E-state index contributed by atoms with van der Waals surface area (Å²) in [4.78, 5) is 25.9. The number of carbonyl (C=O) groups is 2. The highest BCUT2D eigenvalue weighted by atomic mass is 16.5. The van der Waals surface area contributed by atoms with E-state index in [-0.39, 0.29) is 5.91 Å². The van der Waals surface area contributed by atoms with Crippen LogP contribution >= 0.6 is 0 Å². The van der Waals surface area contributed by atoms with Gasteiger partial charge in [-0.25, -0.2) is 0 Å². The predicted octanol–water partition coefficient (Wildman–Crippen LogP) is 1.24. The molecule has 24 heavy (non-hydrogen) atoms. The Morgan fingerprint density at radius 1 is 1.42 bits per heavy atom. The van der Waals surface area contributed by atoms with Crippen LogP contribution in [0.5, 0.6) is 5.75 Å². The molecular weight excluding hydrogens is 310 g/mol. The normalized spacial score (nSPS) is 14.2. The van der Waals surface area contributed by atoms with Crippen molar-refractivity contribution in [2.45, 2.75) is 13.3 Å². The molecule has 0 bridgehead atoms. The Labute approximate surface area is 140 Å². The summed E-state index contributed by atoms with van der Waals surface area (Å²) in [5.41, 5.74) is 2.33. The Balaban J connectivity index is 0.000000471. The van der Waals surface area contributed by atoms with Crippen molar-refractivity contribution in [3.8, 4) is 5.75 Å². The van der Waals surface area contributed by atoms with Gasteiger partial charge in [-0.1, -0.05) is 0 Å². The molecule has 0 unspecified atom stereocenters. The van der Waals surface area contributed by atoms with Crippen molar-refractivity contribution in [2.24, 2.45) is 0 Å². The molecule has 0 aliphatic carbocycles.